The van der Waals surface area contributed by atoms with Crippen molar-refractivity contribution in [3.63, 3.8) is 0 Å². The molecule has 6 N–H and O–H groups in total. The van der Waals surface area contributed by atoms with E-state index in [0.717, 1.165) is 35.0 Å². The minimum atomic E-state index is -5.08. The number of fused-ring (bicyclic) bond motifs is 2. The van der Waals surface area contributed by atoms with Gasteiger partial charge in [0.15, 0.2) is 11.5 Å². The molecule has 1 fully saturated rings. The molecule has 0 aliphatic carbocycles. The van der Waals surface area contributed by atoms with Crippen LogP contribution in [0.2, 0.25) is 5.02 Å². The average molecular weight is 610 g/mol. The van der Waals surface area contributed by atoms with Crippen LogP contribution in [0.1, 0.15) is 41.7 Å². The number of nitrogens with one attached hydrogen (secondary N) is 3. The van der Waals surface area contributed by atoms with Crippen LogP contribution in [0.4, 0.5) is 24.7 Å². The van der Waals surface area contributed by atoms with Gasteiger partial charge in [0.2, 0.25) is 5.91 Å². The highest BCUT2D eigenvalue weighted by atomic mass is 35.5. The summed E-state index contributed by atoms with van der Waals surface area (Å²) in [6.45, 7) is 3.26. The van der Waals surface area contributed by atoms with Gasteiger partial charge in [-0.05, 0) is 31.9 Å². The van der Waals surface area contributed by atoms with E-state index in [1.165, 1.54) is 4.52 Å². The number of benzene rings is 1. The number of carboxylic acid groups (broad SMARTS) is 1. The monoisotopic (exact) mass is 609 g/mol. The molecule has 1 aliphatic heterocycles. The molecule has 42 heavy (non-hydrogen) atoms. The fourth-order valence-electron chi connectivity index (χ4n) is 4.78. The minimum Gasteiger partial charge on any atom is -0.475 e. The molecule has 1 unspecified atom stereocenters. The predicted octanol–water partition coefficient (Wildman–Crippen LogP) is 2.93. The Morgan fingerprint density at radius 2 is 1.93 bits per heavy atom. The lowest BCUT2D eigenvalue weighted by molar-refractivity contribution is -0.192. The average Bonchev–Trinajstić information content (AvgIpc) is 3.57. The second-order valence-electron chi connectivity index (χ2n) is 9.48. The van der Waals surface area contributed by atoms with Crippen molar-refractivity contribution in [2.45, 2.75) is 32.0 Å². The Hall–Kier alpha value is -4.60. The number of rotatable bonds is 5. The van der Waals surface area contributed by atoms with E-state index in [-0.39, 0.29) is 29.1 Å². The zero-order chi connectivity index (χ0) is 30.8. The van der Waals surface area contributed by atoms with Crippen molar-refractivity contribution < 1.29 is 32.7 Å². The summed E-state index contributed by atoms with van der Waals surface area (Å²) in [5, 5.41) is 25.7. The summed E-state index contributed by atoms with van der Waals surface area (Å²) in [6.07, 6.45) is 1.33. The summed E-state index contributed by atoms with van der Waals surface area (Å²) in [7, 11) is 1.66. The van der Waals surface area contributed by atoms with E-state index < -0.39 is 18.2 Å². The van der Waals surface area contributed by atoms with Crippen molar-refractivity contribution in [1.29, 1.82) is 0 Å². The molecule has 0 radical (unpaired) electrons. The maximum Gasteiger partial charge on any atom is 0.490 e. The number of nitrogens with zero attached hydrogens (tertiary/aromatic N) is 5. The summed E-state index contributed by atoms with van der Waals surface area (Å²) in [5.74, 6) is -2.99. The number of aromatic amines is 1. The number of anilines is 2. The Bertz CT molecular complexity index is 1630. The standard InChI is InChI=1S/C23H26ClN9O2.C2HF3O2/c1-12(29-23(35)17-20(25)31-33-7-3-6-27-21(17)33)14-10-16(24)15-11-28-30-18(15)19(14)32-8-4-13(5-9-32)22(34)26-2;3-2(4,5)1(6)7/h3,6-7,10-13H,4-5,8-9H2,1-2H3,(H2,25,31)(H,26,34)(H,28,30)(H,29,35);(H,6,7). The zero-order valence-corrected chi connectivity index (χ0v) is 23.1. The third kappa shape index (κ3) is 6.17. The molecular weight excluding hydrogens is 583 g/mol. The number of aromatic nitrogens is 5. The number of aliphatic carboxylic acids is 1. The SMILES string of the molecule is CNC(=O)C1CCN(c2c(C(C)NC(=O)c3c(N)nn4cccnc34)cc(Cl)c3cn[nH]c23)CC1.O=C(O)C(F)(F)F. The van der Waals surface area contributed by atoms with Gasteiger partial charge in [-0.3, -0.25) is 14.7 Å². The molecule has 3 aromatic heterocycles. The van der Waals surface area contributed by atoms with Gasteiger partial charge < -0.3 is 26.4 Å². The highest BCUT2D eigenvalue weighted by Gasteiger charge is 2.38. The number of nitrogen functional groups attached to an aromatic ring is 1. The lowest BCUT2D eigenvalue weighted by Crippen LogP contribution is -2.40. The van der Waals surface area contributed by atoms with E-state index in [1.54, 1.807) is 31.7 Å². The normalized spacial score (nSPS) is 14.8. The Morgan fingerprint density at radius 1 is 1.26 bits per heavy atom. The molecule has 1 atom stereocenters. The molecule has 2 amide bonds. The number of amides is 2. The van der Waals surface area contributed by atoms with Gasteiger partial charge in [0, 0.05) is 49.4 Å². The number of halogens is 4. The first-order valence-electron chi connectivity index (χ1n) is 12.6. The van der Waals surface area contributed by atoms with Gasteiger partial charge in [0.1, 0.15) is 5.56 Å². The predicted molar refractivity (Wildman–Crippen MR) is 147 cm³/mol. The Labute approximate surface area is 241 Å². The second kappa shape index (κ2) is 12.1. The van der Waals surface area contributed by atoms with Crippen LogP contribution < -0.4 is 21.3 Å². The van der Waals surface area contributed by atoms with E-state index in [0.29, 0.717) is 23.8 Å². The topological polar surface area (TPSA) is 184 Å². The van der Waals surface area contributed by atoms with Gasteiger partial charge in [-0.2, -0.15) is 18.3 Å². The summed E-state index contributed by atoms with van der Waals surface area (Å²) < 4.78 is 33.2. The molecular formula is C25H27ClF3N9O4. The summed E-state index contributed by atoms with van der Waals surface area (Å²) in [5.41, 5.74) is 9.19. The van der Waals surface area contributed by atoms with Crippen LogP contribution in [0.5, 0.6) is 0 Å². The number of alkyl halides is 3. The number of H-pyrrole nitrogens is 1. The molecule has 224 valence electrons. The van der Waals surface area contributed by atoms with Crippen molar-refractivity contribution in [1.82, 2.24) is 35.4 Å². The number of hydrogen-bond donors (Lipinski definition) is 5. The molecule has 1 aliphatic rings. The first-order valence-corrected chi connectivity index (χ1v) is 13.0. The number of nitrogens with two attached hydrogens (primary N) is 1. The molecule has 17 heteroatoms. The third-order valence-electron chi connectivity index (χ3n) is 6.82. The summed E-state index contributed by atoms with van der Waals surface area (Å²) in [4.78, 5) is 40.8. The maximum atomic E-state index is 13.3. The van der Waals surface area contributed by atoms with Crippen molar-refractivity contribution in [2.24, 2.45) is 5.92 Å². The minimum absolute atomic E-state index is 0.0209. The maximum absolute atomic E-state index is 13.3. The number of carboxylic acids is 1. The van der Waals surface area contributed by atoms with Crippen LogP contribution in [0.25, 0.3) is 16.6 Å². The summed E-state index contributed by atoms with van der Waals surface area (Å²) in [6, 6.07) is 3.16. The van der Waals surface area contributed by atoms with Crippen LogP contribution in [0, 0.1) is 5.92 Å². The first-order chi connectivity index (χ1) is 19.8. The van der Waals surface area contributed by atoms with Crippen LogP contribution in [0.15, 0.2) is 30.7 Å². The zero-order valence-electron chi connectivity index (χ0n) is 22.4. The number of carbonyl (C=O) groups is 3. The van der Waals surface area contributed by atoms with E-state index >= 15 is 0 Å². The molecule has 13 nitrogen and oxygen atoms in total. The van der Waals surface area contributed by atoms with E-state index in [9.17, 15) is 22.8 Å². The molecule has 4 aromatic rings. The summed E-state index contributed by atoms with van der Waals surface area (Å²) >= 11 is 6.59. The molecule has 0 bridgehead atoms. The lowest BCUT2D eigenvalue weighted by atomic mass is 9.94. The van der Waals surface area contributed by atoms with Gasteiger partial charge in [-0.1, -0.05) is 11.6 Å². The van der Waals surface area contributed by atoms with Crippen LogP contribution in [0.3, 0.4) is 0 Å². The lowest BCUT2D eigenvalue weighted by Gasteiger charge is -2.35. The molecule has 1 aromatic carbocycles. The Balaban J connectivity index is 0.000000517. The molecule has 4 heterocycles. The number of hydrogen-bond acceptors (Lipinski definition) is 8. The van der Waals surface area contributed by atoms with Crippen molar-refractivity contribution in [2.75, 3.05) is 30.8 Å². The fourth-order valence-corrected chi connectivity index (χ4v) is 5.04. The van der Waals surface area contributed by atoms with E-state index in [4.69, 9.17) is 27.2 Å². The number of piperidine rings is 1. The third-order valence-corrected chi connectivity index (χ3v) is 7.14. The van der Waals surface area contributed by atoms with Crippen molar-refractivity contribution in [3.05, 3.63) is 46.9 Å². The molecule has 1 saturated heterocycles. The van der Waals surface area contributed by atoms with Gasteiger partial charge in [-0.15, -0.1) is 5.10 Å². The highest BCUT2D eigenvalue weighted by molar-refractivity contribution is 6.36. The molecule has 0 saturated carbocycles. The van der Waals surface area contributed by atoms with E-state index in [1.807, 2.05) is 13.0 Å². The molecule has 0 spiro atoms. The van der Waals surface area contributed by atoms with Crippen molar-refractivity contribution in [3.8, 4) is 0 Å². The quantitative estimate of drug-likeness (QED) is 0.227. The first kappa shape index (κ1) is 30.4. The van der Waals surface area contributed by atoms with Crippen LogP contribution in [-0.4, -0.2) is 74.0 Å². The second-order valence-corrected chi connectivity index (χ2v) is 9.88. The smallest absolute Gasteiger partial charge is 0.475 e. The number of carbonyl (C=O) groups excluding carboxylic acids is 2. The van der Waals surface area contributed by atoms with Gasteiger partial charge in [0.25, 0.3) is 5.91 Å². The van der Waals surface area contributed by atoms with Crippen molar-refractivity contribution >= 4 is 57.4 Å². The van der Waals surface area contributed by atoms with Crippen LogP contribution >= 0.6 is 11.6 Å². The highest BCUT2D eigenvalue weighted by Crippen LogP contribution is 2.39. The van der Waals surface area contributed by atoms with Gasteiger partial charge >= 0.3 is 12.1 Å². The van der Waals surface area contributed by atoms with Gasteiger partial charge in [-0.25, -0.2) is 14.3 Å². The van der Waals surface area contributed by atoms with Crippen LogP contribution in [-0.2, 0) is 9.59 Å². The van der Waals surface area contributed by atoms with Gasteiger partial charge in [0.05, 0.1) is 28.5 Å². The molecule has 5 rings (SSSR count). The largest absolute Gasteiger partial charge is 0.490 e. The van der Waals surface area contributed by atoms with E-state index in [2.05, 4.69) is 35.8 Å². The Kier molecular flexibility index (Phi) is 8.75. The fraction of sp³-hybridized carbons (Fsp3) is 0.360. The Morgan fingerprint density at radius 3 is 2.55 bits per heavy atom.